The Balaban J connectivity index is 1.52. The van der Waals surface area contributed by atoms with Gasteiger partial charge in [0.25, 0.3) is 0 Å². The Kier molecular flexibility index (Phi) is 3.34. The van der Waals surface area contributed by atoms with Crippen LogP contribution in [0.25, 0.3) is 0 Å². The Morgan fingerprint density at radius 1 is 1.33 bits per heavy atom. The average molecular weight is 329 g/mol. The van der Waals surface area contributed by atoms with Crippen molar-refractivity contribution in [3.05, 3.63) is 30.1 Å². The summed E-state index contributed by atoms with van der Waals surface area (Å²) in [5.41, 5.74) is 1.10. The maximum atomic E-state index is 12.6. The first-order valence-electron chi connectivity index (χ1n) is 8.55. The molecule has 2 fully saturated rings. The fourth-order valence-corrected chi connectivity index (χ4v) is 4.21. The molecule has 0 unspecified atom stereocenters. The van der Waals surface area contributed by atoms with Gasteiger partial charge in [-0.1, -0.05) is 5.16 Å². The van der Waals surface area contributed by atoms with Gasteiger partial charge in [-0.3, -0.25) is 9.88 Å². The SMILES string of the molecule is CC(C)(C)OC(=O)N1[C@H]2CC[C@@H]1[C@]1(CC(c3ccncc3)=NO1)C2. The molecule has 2 bridgehead atoms. The third-order valence-corrected chi connectivity index (χ3v) is 5.11. The number of pyridine rings is 1. The molecule has 128 valence electrons. The van der Waals surface area contributed by atoms with Crippen LogP contribution in [0.3, 0.4) is 0 Å². The van der Waals surface area contributed by atoms with E-state index in [1.807, 2.05) is 37.8 Å². The zero-order chi connectivity index (χ0) is 16.9. The number of fused-ring (bicyclic) bond motifs is 3. The lowest BCUT2D eigenvalue weighted by Gasteiger charge is -2.31. The average Bonchev–Trinajstić information content (AvgIpc) is 3.19. The van der Waals surface area contributed by atoms with Crippen molar-refractivity contribution in [1.82, 2.24) is 9.88 Å². The van der Waals surface area contributed by atoms with Gasteiger partial charge in [0.2, 0.25) is 0 Å². The van der Waals surface area contributed by atoms with Crippen LogP contribution in [0.4, 0.5) is 4.79 Å². The molecule has 0 aromatic carbocycles. The van der Waals surface area contributed by atoms with Gasteiger partial charge in [-0.05, 0) is 45.7 Å². The molecule has 6 heteroatoms. The van der Waals surface area contributed by atoms with E-state index in [4.69, 9.17) is 9.57 Å². The molecule has 2 saturated heterocycles. The summed E-state index contributed by atoms with van der Waals surface area (Å²) >= 11 is 0. The summed E-state index contributed by atoms with van der Waals surface area (Å²) in [6.07, 6.45) is 6.82. The normalized spacial score (nSPS) is 31.3. The molecule has 3 aliphatic rings. The van der Waals surface area contributed by atoms with E-state index in [-0.39, 0.29) is 18.2 Å². The predicted molar refractivity (Wildman–Crippen MR) is 88.7 cm³/mol. The lowest BCUT2D eigenvalue weighted by atomic mass is 9.80. The summed E-state index contributed by atoms with van der Waals surface area (Å²) in [6, 6.07) is 4.12. The van der Waals surface area contributed by atoms with Crippen LogP contribution in [0.5, 0.6) is 0 Å². The Morgan fingerprint density at radius 2 is 2.08 bits per heavy atom. The quantitative estimate of drug-likeness (QED) is 0.794. The topological polar surface area (TPSA) is 64.0 Å². The van der Waals surface area contributed by atoms with Crippen molar-refractivity contribution in [3.63, 3.8) is 0 Å². The fourth-order valence-electron chi connectivity index (χ4n) is 4.21. The first-order chi connectivity index (χ1) is 11.4. The van der Waals surface area contributed by atoms with Gasteiger partial charge >= 0.3 is 6.09 Å². The Hall–Kier alpha value is -2.11. The number of carbonyl (C=O) groups excluding carboxylic acids is 1. The highest BCUT2D eigenvalue weighted by Gasteiger charge is 2.62. The van der Waals surface area contributed by atoms with Gasteiger partial charge in [-0.15, -0.1) is 0 Å². The van der Waals surface area contributed by atoms with Crippen LogP contribution in [0.2, 0.25) is 0 Å². The van der Waals surface area contributed by atoms with Crippen LogP contribution < -0.4 is 0 Å². The smallest absolute Gasteiger partial charge is 0.410 e. The highest BCUT2D eigenvalue weighted by atomic mass is 16.7. The number of hydrogen-bond donors (Lipinski definition) is 0. The summed E-state index contributed by atoms with van der Waals surface area (Å²) in [7, 11) is 0. The zero-order valence-electron chi connectivity index (χ0n) is 14.4. The number of nitrogens with zero attached hydrogens (tertiary/aromatic N) is 3. The molecule has 0 N–H and O–H groups in total. The maximum Gasteiger partial charge on any atom is 0.410 e. The monoisotopic (exact) mass is 329 g/mol. The van der Waals surface area contributed by atoms with E-state index in [0.717, 1.165) is 37.0 Å². The van der Waals surface area contributed by atoms with E-state index in [2.05, 4.69) is 10.1 Å². The van der Waals surface area contributed by atoms with Crippen LogP contribution in [-0.4, -0.2) is 45.0 Å². The maximum absolute atomic E-state index is 12.6. The molecule has 24 heavy (non-hydrogen) atoms. The van der Waals surface area contributed by atoms with Crippen molar-refractivity contribution < 1.29 is 14.4 Å². The van der Waals surface area contributed by atoms with Crippen molar-refractivity contribution in [2.75, 3.05) is 0 Å². The standard InChI is InChI=1S/C18H23N3O3/c1-17(2,3)23-16(22)21-13-4-5-15(21)18(10-13)11-14(20-24-18)12-6-8-19-9-7-12/h6-9,13,15H,4-5,10-11H2,1-3H3/t13-,15+,18+/m0/s1. The van der Waals surface area contributed by atoms with Gasteiger partial charge in [0, 0.05) is 36.8 Å². The van der Waals surface area contributed by atoms with Crippen LogP contribution in [0, 0.1) is 0 Å². The molecule has 1 amide bonds. The summed E-state index contributed by atoms with van der Waals surface area (Å²) in [4.78, 5) is 24.5. The number of amides is 1. The van der Waals surface area contributed by atoms with Crippen molar-refractivity contribution in [2.24, 2.45) is 5.16 Å². The van der Waals surface area contributed by atoms with Crippen LogP contribution in [0.1, 0.15) is 52.0 Å². The summed E-state index contributed by atoms with van der Waals surface area (Å²) in [5, 5.41) is 4.34. The largest absolute Gasteiger partial charge is 0.444 e. The molecule has 1 aromatic heterocycles. The molecular weight excluding hydrogens is 306 g/mol. The molecule has 0 radical (unpaired) electrons. The van der Waals surface area contributed by atoms with Gasteiger partial charge in [-0.2, -0.15) is 0 Å². The van der Waals surface area contributed by atoms with Crippen LogP contribution in [0.15, 0.2) is 29.7 Å². The van der Waals surface area contributed by atoms with E-state index in [1.165, 1.54) is 0 Å². The minimum atomic E-state index is -0.485. The van der Waals surface area contributed by atoms with Crippen molar-refractivity contribution >= 4 is 11.8 Å². The van der Waals surface area contributed by atoms with Crippen LogP contribution >= 0.6 is 0 Å². The fraction of sp³-hybridized carbons (Fsp3) is 0.611. The minimum absolute atomic E-state index is 0.0421. The Labute approximate surface area is 141 Å². The van der Waals surface area contributed by atoms with Crippen molar-refractivity contribution in [1.29, 1.82) is 0 Å². The van der Waals surface area contributed by atoms with Gasteiger partial charge in [0.15, 0.2) is 5.60 Å². The number of hydrogen-bond acceptors (Lipinski definition) is 5. The Bertz CT molecular complexity index is 682. The molecule has 0 aliphatic carbocycles. The lowest BCUT2D eigenvalue weighted by molar-refractivity contribution is -0.0489. The molecule has 3 atom stereocenters. The molecule has 4 heterocycles. The van der Waals surface area contributed by atoms with Gasteiger partial charge in [0.05, 0.1) is 11.8 Å². The Morgan fingerprint density at radius 3 is 2.79 bits per heavy atom. The first-order valence-corrected chi connectivity index (χ1v) is 8.55. The molecule has 1 aromatic rings. The number of rotatable bonds is 1. The number of oxime groups is 1. The van der Waals surface area contributed by atoms with Gasteiger partial charge < -0.3 is 9.57 Å². The molecule has 1 spiro atoms. The minimum Gasteiger partial charge on any atom is -0.444 e. The third kappa shape index (κ3) is 2.44. The van der Waals surface area contributed by atoms with Gasteiger partial charge in [-0.25, -0.2) is 4.79 Å². The summed E-state index contributed by atoms with van der Waals surface area (Å²) in [5.74, 6) is 0. The summed E-state index contributed by atoms with van der Waals surface area (Å²) < 4.78 is 5.60. The molecule has 0 saturated carbocycles. The second-order valence-electron chi connectivity index (χ2n) is 7.95. The molecule has 4 rings (SSSR count). The zero-order valence-corrected chi connectivity index (χ0v) is 14.4. The van der Waals surface area contributed by atoms with E-state index >= 15 is 0 Å². The lowest BCUT2D eigenvalue weighted by Crippen LogP contribution is -2.46. The van der Waals surface area contributed by atoms with Crippen molar-refractivity contribution in [2.45, 2.75) is 69.7 Å². The van der Waals surface area contributed by atoms with Gasteiger partial charge in [0.1, 0.15) is 5.60 Å². The molecule has 6 nitrogen and oxygen atoms in total. The highest BCUT2D eigenvalue weighted by Crippen LogP contribution is 2.51. The third-order valence-electron chi connectivity index (χ3n) is 5.11. The number of ether oxygens (including phenoxy) is 1. The molecular formula is C18H23N3O3. The predicted octanol–water partition coefficient (Wildman–Crippen LogP) is 3.12. The number of carbonyl (C=O) groups is 1. The van der Waals surface area contributed by atoms with E-state index in [0.29, 0.717) is 0 Å². The second-order valence-corrected chi connectivity index (χ2v) is 7.95. The second kappa shape index (κ2) is 5.19. The first kappa shape index (κ1) is 15.4. The van der Waals surface area contributed by atoms with E-state index in [1.54, 1.807) is 12.4 Å². The summed E-state index contributed by atoms with van der Waals surface area (Å²) in [6.45, 7) is 5.69. The number of aromatic nitrogens is 1. The molecule has 3 aliphatic heterocycles. The van der Waals surface area contributed by atoms with E-state index in [9.17, 15) is 4.79 Å². The van der Waals surface area contributed by atoms with E-state index < -0.39 is 11.2 Å². The van der Waals surface area contributed by atoms with Crippen LogP contribution in [-0.2, 0) is 9.57 Å². The van der Waals surface area contributed by atoms with Crippen molar-refractivity contribution in [3.8, 4) is 0 Å². The highest BCUT2D eigenvalue weighted by molar-refractivity contribution is 6.01.